The van der Waals surface area contributed by atoms with E-state index in [1.165, 1.54) is 27.8 Å². The smallest absolute Gasteiger partial charge is 0.159 e. The lowest BCUT2D eigenvalue weighted by atomic mass is 9.67. The summed E-state index contributed by atoms with van der Waals surface area (Å²) in [5, 5.41) is 4.37. The topological polar surface area (TPSA) is 39.8 Å². The number of fused-ring (bicyclic) bond motifs is 9. The molecule has 0 radical (unpaired) electrons. The minimum atomic E-state index is -0.680. The molecule has 82 heavy (non-hydrogen) atoms. The summed E-state index contributed by atoms with van der Waals surface area (Å²) in [4.78, 5) is 2.37. The first kappa shape index (κ1) is 48.3. The first-order valence-corrected chi connectivity index (χ1v) is 27.7. The lowest BCUT2D eigenvalue weighted by Crippen LogP contribution is -2.28. The van der Waals surface area contributed by atoms with Crippen LogP contribution in [0.5, 0.6) is 23.0 Å². The molecular weight excluding hydrogens is 1000 g/mol. The third kappa shape index (κ3) is 8.01. The van der Waals surface area contributed by atoms with Gasteiger partial charge in [-0.3, -0.25) is 0 Å². The highest BCUT2D eigenvalue weighted by Crippen LogP contribution is 2.58. The maximum atomic E-state index is 6.88. The number of hydrogen-bond donors (Lipinski definition) is 0. The van der Waals surface area contributed by atoms with Crippen molar-refractivity contribution in [1.29, 1.82) is 0 Å². The Kier molecular flexibility index (Phi) is 11.6. The molecule has 0 N–H and O–H groups in total. The van der Waals surface area contributed by atoms with E-state index in [-0.39, 0.29) is 0 Å². The van der Waals surface area contributed by atoms with Gasteiger partial charge in [-0.25, -0.2) is 0 Å². The first-order valence-electron chi connectivity index (χ1n) is 27.7. The lowest BCUT2D eigenvalue weighted by molar-refractivity contribution is 0.482. The zero-order chi connectivity index (χ0) is 54.7. The van der Waals surface area contributed by atoms with E-state index in [1.54, 1.807) is 0 Å². The Morgan fingerprint density at radius 3 is 1.66 bits per heavy atom. The predicted molar refractivity (Wildman–Crippen MR) is 339 cm³/mol. The number of nitrogens with zero attached hydrogens (tertiary/aromatic N) is 2. The van der Waals surface area contributed by atoms with Crippen LogP contribution in [-0.4, -0.2) is 4.57 Å². The molecule has 388 valence electrons. The number of furan rings is 1. The summed E-state index contributed by atoms with van der Waals surface area (Å²) in [5.41, 5.74) is 18.6. The van der Waals surface area contributed by atoms with Crippen molar-refractivity contribution in [2.24, 2.45) is 0 Å². The Bertz CT molecular complexity index is 4750. The highest BCUT2D eigenvalue weighted by molar-refractivity contribution is 6.12. The van der Waals surface area contributed by atoms with Crippen LogP contribution >= 0.6 is 0 Å². The number of aromatic nitrogens is 1. The second-order valence-corrected chi connectivity index (χ2v) is 20.9. The molecule has 0 saturated heterocycles. The van der Waals surface area contributed by atoms with Crippen molar-refractivity contribution < 1.29 is 13.9 Å². The van der Waals surface area contributed by atoms with E-state index >= 15 is 0 Å². The molecule has 0 aliphatic heterocycles. The zero-order valence-electron chi connectivity index (χ0n) is 44.7. The van der Waals surface area contributed by atoms with Gasteiger partial charge in [-0.05, 0) is 171 Å². The summed E-state index contributed by atoms with van der Waals surface area (Å²) in [6.45, 7) is 7.83. The van der Waals surface area contributed by atoms with Crippen molar-refractivity contribution in [3.63, 3.8) is 0 Å². The molecule has 2 heterocycles. The summed E-state index contributed by atoms with van der Waals surface area (Å²) >= 11 is 0. The van der Waals surface area contributed by atoms with Gasteiger partial charge in [-0.2, -0.15) is 0 Å². The fraction of sp³-hybridized carbons (Fsp3) is 0.0130. The Labute approximate surface area is 475 Å². The molecule has 1 aliphatic carbocycles. The highest BCUT2D eigenvalue weighted by Gasteiger charge is 2.46. The molecule has 15 rings (SSSR count). The van der Waals surface area contributed by atoms with Gasteiger partial charge in [0.2, 0.25) is 0 Å². The second kappa shape index (κ2) is 19.8. The molecule has 5 nitrogen and oxygen atoms in total. The molecule has 1 atom stereocenters. The Balaban J connectivity index is 0.877. The molecule has 0 saturated carbocycles. The van der Waals surface area contributed by atoms with Gasteiger partial charge in [-0.1, -0.05) is 189 Å². The first-order chi connectivity index (χ1) is 40.5. The van der Waals surface area contributed by atoms with Gasteiger partial charge in [0.1, 0.15) is 28.6 Å². The normalized spacial score (nSPS) is 13.5. The number of para-hydroxylation sites is 3. The van der Waals surface area contributed by atoms with Crippen molar-refractivity contribution in [1.82, 2.24) is 4.57 Å². The van der Waals surface area contributed by atoms with Crippen LogP contribution in [-0.2, 0) is 5.41 Å². The molecule has 1 unspecified atom stereocenters. The van der Waals surface area contributed by atoms with E-state index in [4.69, 9.17) is 13.9 Å². The van der Waals surface area contributed by atoms with Crippen LogP contribution in [0.3, 0.4) is 0 Å². The van der Waals surface area contributed by atoms with Crippen LogP contribution < -0.4 is 14.4 Å². The largest absolute Gasteiger partial charge is 0.457 e. The molecule has 0 bridgehead atoms. The van der Waals surface area contributed by atoms with Gasteiger partial charge in [0.05, 0.1) is 22.1 Å². The summed E-state index contributed by atoms with van der Waals surface area (Å²) in [6, 6.07) is 99.0. The Hall–Kier alpha value is -10.9. The van der Waals surface area contributed by atoms with Crippen LogP contribution in [0.25, 0.3) is 83.8 Å². The van der Waals surface area contributed by atoms with E-state index < -0.39 is 5.41 Å². The van der Waals surface area contributed by atoms with E-state index in [0.29, 0.717) is 0 Å². The Morgan fingerprint density at radius 2 is 0.939 bits per heavy atom. The lowest BCUT2D eigenvalue weighted by Gasteiger charge is -2.35. The minimum absolute atomic E-state index is 0.680. The van der Waals surface area contributed by atoms with Crippen LogP contribution in [0, 0.1) is 0 Å². The molecule has 0 spiro atoms. The van der Waals surface area contributed by atoms with E-state index in [1.807, 2.05) is 66.7 Å². The average molecular weight is 1050 g/mol. The SMILES string of the molecule is C=Cc1ccc(Oc2ccc(C3(c4ccccc4)c4ccccc4-c4ccc(N(c5ccc(-c6ccc7c(c6)c6cc(Oc8ccc(C=C)cc8)ccc6n7-c6ccccc6)cc5)c5cccc6c5oc5ccccc56)cc43)cc2)cc1. The molecule has 1 aliphatic rings. The molecule has 14 aromatic rings. The molecule has 2 aromatic heterocycles. The highest BCUT2D eigenvalue weighted by atomic mass is 16.5. The molecule has 12 aromatic carbocycles. The molecular formula is C77H52N2O3. The number of hydrogen-bond acceptors (Lipinski definition) is 4. The van der Waals surface area contributed by atoms with Gasteiger partial charge in [0, 0.05) is 38.6 Å². The average Bonchev–Trinajstić information content (AvgIpc) is 4.00. The maximum absolute atomic E-state index is 6.88. The fourth-order valence-corrected chi connectivity index (χ4v) is 12.5. The number of anilines is 3. The van der Waals surface area contributed by atoms with Gasteiger partial charge in [-0.15, -0.1) is 0 Å². The maximum Gasteiger partial charge on any atom is 0.159 e. The third-order valence-electron chi connectivity index (χ3n) is 16.3. The van der Waals surface area contributed by atoms with Crippen molar-refractivity contribution >= 4 is 73.0 Å². The quantitative estimate of drug-likeness (QED) is 0.115. The van der Waals surface area contributed by atoms with E-state index in [0.717, 1.165) is 117 Å². The third-order valence-corrected chi connectivity index (χ3v) is 16.3. The summed E-state index contributed by atoms with van der Waals surface area (Å²) in [7, 11) is 0. The zero-order valence-corrected chi connectivity index (χ0v) is 44.7. The van der Waals surface area contributed by atoms with Crippen molar-refractivity contribution in [2.75, 3.05) is 4.90 Å². The summed E-state index contributed by atoms with van der Waals surface area (Å²) in [6.07, 6.45) is 3.68. The Morgan fingerprint density at radius 1 is 0.390 bits per heavy atom. The van der Waals surface area contributed by atoms with Crippen molar-refractivity contribution in [2.45, 2.75) is 5.41 Å². The number of rotatable bonds is 13. The van der Waals surface area contributed by atoms with E-state index in [9.17, 15) is 0 Å². The van der Waals surface area contributed by atoms with Crippen LogP contribution in [0.4, 0.5) is 17.1 Å². The van der Waals surface area contributed by atoms with Crippen LogP contribution in [0.2, 0.25) is 0 Å². The predicted octanol–water partition coefficient (Wildman–Crippen LogP) is 21.1. The van der Waals surface area contributed by atoms with Crippen molar-refractivity contribution in [3.05, 3.63) is 326 Å². The summed E-state index contributed by atoms with van der Waals surface area (Å²) < 4.78 is 22.1. The molecule has 5 heteroatoms. The van der Waals surface area contributed by atoms with Crippen LogP contribution in [0.1, 0.15) is 33.4 Å². The molecule has 0 fully saturated rings. The minimum Gasteiger partial charge on any atom is -0.457 e. The monoisotopic (exact) mass is 1050 g/mol. The van der Waals surface area contributed by atoms with E-state index in [2.05, 4.69) is 247 Å². The second-order valence-electron chi connectivity index (χ2n) is 20.9. The van der Waals surface area contributed by atoms with Gasteiger partial charge < -0.3 is 23.4 Å². The number of benzene rings is 12. The fourth-order valence-electron chi connectivity index (χ4n) is 12.5. The van der Waals surface area contributed by atoms with Crippen LogP contribution in [0.15, 0.2) is 297 Å². The summed E-state index contributed by atoms with van der Waals surface area (Å²) in [5.74, 6) is 3.07. The standard InChI is InChI=1S/C77H52N2O3/c1-3-51-26-38-60(39-27-51)80-62-42-33-56(34-43-62)77(55-16-7-5-8-17-55)70-23-13-11-20-64(70)65-45-37-59(49-71(65)77)78(74-24-15-22-67-66-21-12-14-25-75(66)82-76(67)74)58-35-30-53(31-36-58)54-32-46-72-68(48-54)69-50-63(81-61-40-28-52(4-2)29-41-61)44-47-73(69)79(72)57-18-9-6-10-19-57/h3-50H,1-2H2. The molecule has 0 amide bonds. The van der Waals surface area contributed by atoms with Gasteiger partial charge in [0.15, 0.2) is 5.58 Å². The number of ether oxygens (including phenoxy) is 2. The van der Waals surface area contributed by atoms with Gasteiger partial charge in [0.25, 0.3) is 0 Å². The van der Waals surface area contributed by atoms with Gasteiger partial charge >= 0.3 is 0 Å². The van der Waals surface area contributed by atoms with Crippen molar-refractivity contribution in [3.8, 4) is 50.9 Å².